The first kappa shape index (κ1) is 55.4. The quantitative estimate of drug-likeness (QED) is 0.0671. The fourth-order valence-corrected chi connectivity index (χ4v) is 11.6. The summed E-state index contributed by atoms with van der Waals surface area (Å²) in [7, 11) is 0. The maximum Gasteiger partial charge on any atom is 0.340 e. The van der Waals surface area contributed by atoms with E-state index in [2.05, 4.69) is 0 Å². The van der Waals surface area contributed by atoms with E-state index in [0.29, 0.717) is 18.2 Å². The first-order valence-corrected chi connectivity index (χ1v) is 25.0. The van der Waals surface area contributed by atoms with E-state index in [9.17, 15) is 107 Å². The van der Waals surface area contributed by atoms with Gasteiger partial charge in [0, 0.05) is 62.6 Å². The van der Waals surface area contributed by atoms with Gasteiger partial charge < -0.3 is 131 Å². The molecule has 31 nitrogen and oxygen atoms in total. The third-order valence-corrected chi connectivity index (χ3v) is 15.5. The SMILES string of the molecule is O=C1OC[C@H]2OC(=O)c3cc(O)c(O)c(O)c3-c3c(O)c(O)c(O)c4c3C(=O)O[C@@H]([C@@H]2OC(=O)c2cc(O)c(O)c(O)c2-c2c1cc(O)c(O)c2O)[C@H]1OC(=O)c2c-4c(O)c(O)c(O)c2C1c1c(O)cc(O)c2c1O[C@H](c1ccc(O)c(O)c1)[C@@H](O)C2. The standard InChI is InChI=1S/C56H38O31/c57-15-2-1-10(3-17(15)59)47-22(64)4-11-16(58)8-18(60)27(48(11)84-47)32-31-34-30(43(73)46(76)44(31)74)29-33-28(41(71)45(75)42(29)72)26-14(7-21(63)37(67)40(26)70)53(78)83-23-9-82-52(77)12-5-19(61)35(65)38(68)24(12)25-13(6-20(62)36(66)39(25)69)54(79)85-49(23)51(87-56(33)81)50(32)86-55(34)80/h1-3,5-8,22-23,32,47,49-51,57-76H,4,9H2/t22-,23+,32?,47+,49+,50-,51-/m0/s1. The van der Waals surface area contributed by atoms with E-state index in [1.165, 1.54) is 0 Å². The number of benzene rings is 7. The Morgan fingerprint density at radius 3 is 1.37 bits per heavy atom. The first-order valence-electron chi connectivity index (χ1n) is 25.0. The Morgan fingerprint density at radius 1 is 0.345 bits per heavy atom. The zero-order valence-electron chi connectivity index (χ0n) is 42.9. The molecule has 0 radical (unpaired) electrons. The van der Waals surface area contributed by atoms with E-state index in [4.69, 9.17) is 28.4 Å². The molecule has 1 unspecified atom stereocenters. The topological polar surface area (TPSA) is 545 Å². The molecule has 20 N–H and O–H groups in total. The van der Waals surface area contributed by atoms with Crippen LogP contribution in [-0.2, 0) is 30.1 Å². The van der Waals surface area contributed by atoms with Crippen LogP contribution < -0.4 is 4.74 Å². The highest BCUT2D eigenvalue weighted by Crippen LogP contribution is 2.64. The van der Waals surface area contributed by atoms with Crippen LogP contribution >= 0.6 is 0 Å². The first-order chi connectivity index (χ1) is 41.0. The highest BCUT2D eigenvalue weighted by molar-refractivity contribution is 6.17. The van der Waals surface area contributed by atoms with E-state index < -0.39 is 278 Å². The Balaban J connectivity index is 1.24. The van der Waals surface area contributed by atoms with Gasteiger partial charge in [0.05, 0.1) is 39.8 Å². The predicted molar refractivity (Wildman–Crippen MR) is 276 cm³/mol. The molecule has 6 bridgehead atoms. The summed E-state index contributed by atoms with van der Waals surface area (Å²) in [6.45, 7) is -1.64. The summed E-state index contributed by atoms with van der Waals surface area (Å²) < 4.78 is 35.9. The van der Waals surface area contributed by atoms with Crippen molar-refractivity contribution < 1.29 is 155 Å². The summed E-state index contributed by atoms with van der Waals surface area (Å²) in [5.74, 6) is -40.6. The van der Waals surface area contributed by atoms with Crippen molar-refractivity contribution in [2.24, 2.45) is 0 Å². The van der Waals surface area contributed by atoms with Gasteiger partial charge in [0.25, 0.3) is 0 Å². The molecule has 448 valence electrons. The van der Waals surface area contributed by atoms with Crippen molar-refractivity contribution in [3.8, 4) is 148 Å². The molecule has 6 aliphatic heterocycles. The van der Waals surface area contributed by atoms with Gasteiger partial charge in [-0.05, 0) is 35.9 Å². The number of aliphatic hydroxyl groups excluding tert-OH is 1. The molecular formula is C56H38O31. The van der Waals surface area contributed by atoms with Gasteiger partial charge in [-0.2, -0.15) is 0 Å². The number of phenols is 19. The van der Waals surface area contributed by atoms with Gasteiger partial charge >= 0.3 is 29.8 Å². The van der Waals surface area contributed by atoms with Gasteiger partial charge in [-0.15, -0.1) is 0 Å². The number of rotatable bonds is 2. The average molecular weight is 1210 g/mol. The number of phenolic OH excluding ortho intramolecular Hbond substituents is 19. The van der Waals surface area contributed by atoms with Crippen molar-refractivity contribution in [1.29, 1.82) is 0 Å². The second-order valence-electron chi connectivity index (χ2n) is 20.3. The van der Waals surface area contributed by atoms with Gasteiger partial charge in [0.1, 0.15) is 30.0 Å². The Kier molecular flexibility index (Phi) is 12.1. The van der Waals surface area contributed by atoms with Crippen LogP contribution in [0, 0.1) is 0 Å². The molecule has 0 fully saturated rings. The average Bonchev–Trinajstić information content (AvgIpc) is 1.29. The highest BCUT2D eigenvalue weighted by Gasteiger charge is 2.58. The van der Waals surface area contributed by atoms with Crippen molar-refractivity contribution in [3.05, 3.63) is 92.5 Å². The van der Waals surface area contributed by atoms with Gasteiger partial charge in [0.2, 0.25) is 28.7 Å². The molecule has 7 aromatic rings. The molecule has 0 aliphatic carbocycles. The maximum atomic E-state index is 15.9. The fraction of sp³-hybridized carbons (Fsp3) is 0.161. The molecule has 7 atom stereocenters. The van der Waals surface area contributed by atoms with E-state index in [1.54, 1.807) is 0 Å². The minimum Gasteiger partial charge on any atom is -0.507 e. The summed E-state index contributed by atoms with van der Waals surface area (Å²) in [5.41, 5.74) is -17.4. The molecule has 31 heteroatoms. The van der Waals surface area contributed by atoms with Crippen LogP contribution in [0.1, 0.15) is 86.1 Å². The molecular weight excluding hydrogens is 1170 g/mol. The molecule has 13 rings (SSSR count). The molecule has 6 heterocycles. The molecule has 0 aromatic heterocycles. The third-order valence-electron chi connectivity index (χ3n) is 15.5. The van der Waals surface area contributed by atoms with Crippen molar-refractivity contribution in [1.82, 2.24) is 0 Å². The van der Waals surface area contributed by atoms with Crippen LogP contribution in [0.4, 0.5) is 0 Å². The second-order valence-corrected chi connectivity index (χ2v) is 20.3. The number of aliphatic hydroxyl groups is 1. The predicted octanol–water partition coefficient (Wildman–Crippen LogP) is 3.28. The summed E-state index contributed by atoms with van der Waals surface area (Å²) in [5, 5.41) is 228. The second kappa shape index (κ2) is 18.9. The molecule has 7 aromatic carbocycles. The third kappa shape index (κ3) is 7.75. The molecule has 0 saturated heterocycles. The number of aromatic hydroxyl groups is 19. The van der Waals surface area contributed by atoms with Gasteiger partial charge in [-0.1, -0.05) is 6.07 Å². The van der Waals surface area contributed by atoms with E-state index in [0.717, 1.165) is 18.2 Å². The van der Waals surface area contributed by atoms with Gasteiger partial charge in [-0.25, -0.2) is 24.0 Å². The molecule has 6 aliphatic rings. The summed E-state index contributed by atoms with van der Waals surface area (Å²) in [4.78, 5) is 76.2. The van der Waals surface area contributed by atoms with Crippen LogP contribution in [0.15, 0.2) is 42.5 Å². The number of cyclic esters (lactones) is 1. The van der Waals surface area contributed by atoms with Crippen molar-refractivity contribution in [2.45, 2.75) is 49.0 Å². The molecule has 0 saturated carbocycles. The number of carbonyl (C=O) groups excluding carboxylic acids is 5. The van der Waals surface area contributed by atoms with Crippen LogP contribution in [0.3, 0.4) is 0 Å². The van der Waals surface area contributed by atoms with E-state index in [-0.39, 0.29) is 11.6 Å². The zero-order chi connectivity index (χ0) is 62.7. The zero-order valence-corrected chi connectivity index (χ0v) is 42.9. The Hall–Kier alpha value is -12.2. The number of carbonyl (C=O) groups is 5. The van der Waals surface area contributed by atoms with Crippen LogP contribution in [0.2, 0.25) is 0 Å². The normalized spacial score (nSPS) is 20.9. The molecule has 87 heavy (non-hydrogen) atoms. The lowest BCUT2D eigenvalue weighted by Gasteiger charge is -2.43. The lowest BCUT2D eigenvalue weighted by Crippen LogP contribution is -2.56. The Bertz CT molecular complexity index is 4350. The molecule has 0 amide bonds. The minimum absolute atomic E-state index is 0.140. The fourth-order valence-electron chi connectivity index (χ4n) is 11.6. The smallest absolute Gasteiger partial charge is 0.340 e. The summed E-state index contributed by atoms with van der Waals surface area (Å²) in [6, 6.07) is 4.59. The summed E-state index contributed by atoms with van der Waals surface area (Å²) in [6.07, 6.45) is -15.7. The van der Waals surface area contributed by atoms with Gasteiger partial charge in [0.15, 0.2) is 93.4 Å². The lowest BCUT2D eigenvalue weighted by atomic mass is 9.73. The van der Waals surface area contributed by atoms with E-state index >= 15 is 19.2 Å². The van der Waals surface area contributed by atoms with Crippen LogP contribution in [-0.4, -0.2) is 169 Å². The van der Waals surface area contributed by atoms with Crippen molar-refractivity contribution in [3.63, 3.8) is 0 Å². The number of fused-ring (bicyclic) bond motifs is 8. The van der Waals surface area contributed by atoms with Crippen LogP contribution in [0.5, 0.6) is 115 Å². The Labute approximate surface area is 479 Å². The van der Waals surface area contributed by atoms with E-state index in [1.807, 2.05) is 0 Å². The largest absolute Gasteiger partial charge is 0.507 e. The lowest BCUT2D eigenvalue weighted by molar-refractivity contribution is -0.135. The number of ether oxygens (including phenoxy) is 6. The summed E-state index contributed by atoms with van der Waals surface area (Å²) >= 11 is 0. The highest BCUT2D eigenvalue weighted by atomic mass is 16.6. The van der Waals surface area contributed by atoms with Gasteiger partial charge in [-0.3, -0.25) is 0 Å². The van der Waals surface area contributed by atoms with Crippen molar-refractivity contribution in [2.75, 3.05) is 6.61 Å². The van der Waals surface area contributed by atoms with Crippen LogP contribution in [0.25, 0.3) is 33.4 Å². The Morgan fingerprint density at radius 2 is 0.805 bits per heavy atom. The molecule has 0 spiro atoms. The number of hydrogen-bond acceptors (Lipinski definition) is 31. The number of hydrogen-bond donors (Lipinski definition) is 20. The minimum atomic E-state index is -3.01. The maximum absolute atomic E-state index is 15.9. The monoisotopic (exact) mass is 1210 g/mol. The van der Waals surface area contributed by atoms with Crippen molar-refractivity contribution >= 4 is 29.8 Å². The number of esters is 5.